The van der Waals surface area contributed by atoms with E-state index in [4.69, 9.17) is 0 Å². The van der Waals surface area contributed by atoms with Gasteiger partial charge in [-0.15, -0.1) is 0 Å². The molecule has 3 aromatic rings. The molecular weight excluding hydrogens is 470 g/mol. The number of aryl methyl sites for hydroxylation is 2. The lowest BCUT2D eigenvalue weighted by molar-refractivity contribution is -0.141. The molecule has 2 atom stereocenters. The third-order valence-electron chi connectivity index (χ3n) is 5.87. The number of hydrogen-bond donors (Lipinski definition) is 2. The highest BCUT2D eigenvalue weighted by atomic mass is 19.4. The Morgan fingerprint density at radius 2 is 1.72 bits per heavy atom. The molecule has 0 aliphatic rings. The van der Waals surface area contributed by atoms with Crippen LogP contribution in [-0.4, -0.2) is 17.4 Å². The molecule has 1 aromatic heterocycles. The molecular formula is C28H31F4N3O. The number of benzene rings is 2. The second kappa shape index (κ2) is 12.1. The summed E-state index contributed by atoms with van der Waals surface area (Å²) >= 11 is 0. The number of halogens is 4. The standard InChI is InChI=1S/C28H31F4N3O/c1-18(2)16-34-27(36)26(21-7-5-4-6-8-21)35-24(22-11-12-23(29)19(3)15-22)13-9-20-10-14-25(33-17-20)28(30,31)32/h4-8,10-12,14-15,17-18,24,26,35H,9,13,16H2,1-3H3,(H,34,36). The molecule has 0 fully saturated rings. The van der Waals surface area contributed by atoms with Crippen LogP contribution in [0.4, 0.5) is 17.6 Å². The third kappa shape index (κ3) is 7.62. The van der Waals surface area contributed by atoms with Gasteiger partial charge in [-0.1, -0.05) is 62.4 Å². The van der Waals surface area contributed by atoms with E-state index >= 15 is 0 Å². The maximum atomic E-state index is 14.0. The monoisotopic (exact) mass is 501 g/mol. The number of carbonyl (C=O) groups is 1. The molecule has 0 saturated carbocycles. The van der Waals surface area contributed by atoms with Gasteiger partial charge in [0.1, 0.15) is 17.6 Å². The van der Waals surface area contributed by atoms with Crippen LogP contribution in [0.1, 0.15) is 60.3 Å². The van der Waals surface area contributed by atoms with Gasteiger partial charge in [0.2, 0.25) is 5.91 Å². The number of nitrogens with one attached hydrogen (secondary N) is 2. The molecule has 2 N–H and O–H groups in total. The van der Waals surface area contributed by atoms with Gasteiger partial charge in [-0.25, -0.2) is 4.39 Å². The summed E-state index contributed by atoms with van der Waals surface area (Å²) in [5.74, 6) is -0.248. The zero-order valence-corrected chi connectivity index (χ0v) is 20.6. The van der Waals surface area contributed by atoms with Crippen LogP contribution in [0.15, 0.2) is 66.9 Å². The summed E-state index contributed by atoms with van der Waals surface area (Å²) in [6, 6.07) is 15.4. The minimum Gasteiger partial charge on any atom is -0.354 e. The van der Waals surface area contributed by atoms with E-state index < -0.39 is 17.9 Å². The molecule has 36 heavy (non-hydrogen) atoms. The van der Waals surface area contributed by atoms with E-state index in [-0.39, 0.29) is 23.7 Å². The number of alkyl halides is 3. The highest BCUT2D eigenvalue weighted by molar-refractivity contribution is 5.83. The molecule has 0 spiro atoms. The highest BCUT2D eigenvalue weighted by Gasteiger charge is 2.32. The quantitative estimate of drug-likeness (QED) is 0.320. The molecule has 0 saturated heterocycles. The van der Waals surface area contributed by atoms with Gasteiger partial charge in [0.25, 0.3) is 0 Å². The number of pyridine rings is 1. The van der Waals surface area contributed by atoms with Crippen molar-refractivity contribution in [3.05, 3.63) is 101 Å². The van der Waals surface area contributed by atoms with Crippen molar-refractivity contribution >= 4 is 5.91 Å². The van der Waals surface area contributed by atoms with Gasteiger partial charge in [0, 0.05) is 18.8 Å². The van der Waals surface area contributed by atoms with Crippen LogP contribution in [0.2, 0.25) is 0 Å². The molecule has 0 aliphatic carbocycles. The van der Waals surface area contributed by atoms with Crippen molar-refractivity contribution < 1.29 is 22.4 Å². The maximum Gasteiger partial charge on any atom is 0.433 e. The lowest BCUT2D eigenvalue weighted by Crippen LogP contribution is -2.40. The first-order valence-electron chi connectivity index (χ1n) is 11.9. The van der Waals surface area contributed by atoms with Crippen LogP contribution in [0, 0.1) is 18.7 Å². The van der Waals surface area contributed by atoms with Crippen molar-refractivity contribution in [3.63, 3.8) is 0 Å². The predicted octanol–water partition coefficient (Wildman–Crippen LogP) is 6.32. The van der Waals surface area contributed by atoms with Crippen molar-refractivity contribution in [1.29, 1.82) is 0 Å². The molecule has 8 heteroatoms. The van der Waals surface area contributed by atoms with Gasteiger partial charge < -0.3 is 5.32 Å². The van der Waals surface area contributed by atoms with Crippen LogP contribution >= 0.6 is 0 Å². The zero-order chi connectivity index (χ0) is 26.3. The van der Waals surface area contributed by atoms with Crippen molar-refractivity contribution in [2.24, 2.45) is 5.92 Å². The summed E-state index contributed by atoms with van der Waals surface area (Å²) in [4.78, 5) is 16.7. The maximum absolute atomic E-state index is 14.0. The summed E-state index contributed by atoms with van der Waals surface area (Å²) in [6.07, 6.45) is -2.41. The number of hydrogen-bond acceptors (Lipinski definition) is 3. The van der Waals surface area contributed by atoms with Crippen LogP contribution in [0.25, 0.3) is 0 Å². The molecule has 4 nitrogen and oxygen atoms in total. The third-order valence-corrected chi connectivity index (χ3v) is 5.87. The van der Waals surface area contributed by atoms with Crippen LogP contribution in [-0.2, 0) is 17.4 Å². The smallest absolute Gasteiger partial charge is 0.354 e. The van der Waals surface area contributed by atoms with Gasteiger partial charge >= 0.3 is 6.18 Å². The van der Waals surface area contributed by atoms with Crippen molar-refractivity contribution in [3.8, 4) is 0 Å². The van der Waals surface area contributed by atoms with Crippen molar-refractivity contribution in [2.75, 3.05) is 6.54 Å². The zero-order valence-electron chi connectivity index (χ0n) is 20.6. The average Bonchev–Trinajstić information content (AvgIpc) is 2.84. The topological polar surface area (TPSA) is 54.0 Å². The van der Waals surface area contributed by atoms with Gasteiger partial charge in [-0.3, -0.25) is 15.1 Å². The summed E-state index contributed by atoms with van der Waals surface area (Å²) in [5.41, 5.74) is 1.72. The molecule has 3 rings (SSSR count). The Morgan fingerprint density at radius 1 is 1.00 bits per heavy atom. The number of rotatable bonds is 10. The Kier molecular flexibility index (Phi) is 9.20. The fourth-order valence-electron chi connectivity index (χ4n) is 3.86. The molecule has 0 bridgehead atoms. The Morgan fingerprint density at radius 3 is 2.31 bits per heavy atom. The fourth-order valence-corrected chi connectivity index (χ4v) is 3.86. The van der Waals surface area contributed by atoms with Gasteiger partial charge in [0.15, 0.2) is 0 Å². The second-order valence-corrected chi connectivity index (χ2v) is 9.30. The van der Waals surface area contributed by atoms with E-state index in [0.29, 0.717) is 30.5 Å². The molecule has 0 radical (unpaired) electrons. The molecule has 0 aliphatic heterocycles. The summed E-state index contributed by atoms with van der Waals surface area (Å²) in [7, 11) is 0. The van der Waals surface area contributed by atoms with Gasteiger partial charge in [-0.2, -0.15) is 13.2 Å². The van der Waals surface area contributed by atoms with E-state index in [9.17, 15) is 22.4 Å². The minimum atomic E-state index is -4.50. The lowest BCUT2D eigenvalue weighted by Gasteiger charge is -2.27. The lowest BCUT2D eigenvalue weighted by atomic mass is 9.95. The van der Waals surface area contributed by atoms with E-state index in [1.165, 1.54) is 18.3 Å². The minimum absolute atomic E-state index is 0.185. The number of aromatic nitrogens is 1. The second-order valence-electron chi connectivity index (χ2n) is 9.30. The van der Waals surface area contributed by atoms with E-state index in [1.54, 1.807) is 19.1 Å². The number of amides is 1. The Labute approximate surface area is 209 Å². The van der Waals surface area contributed by atoms with E-state index in [0.717, 1.165) is 17.2 Å². The number of carbonyl (C=O) groups excluding carboxylic acids is 1. The van der Waals surface area contributed by atoms with Gasteiger partial charge in [-0.05, 0) is 60.1 Å². The van der Waals surface area contributed by atoms with Gasteiger partial charge in [0.05, 0.1) is 0 Å². The fraction of sp³-hybridized carbons (Fsp3) is 0.357. The van der Waals surface area contributed by atoms with E-state index in [2.05, 4.69) is 15.6 Å². The Balaban J connectivity index is 1.88. The molecule has 2 aromatic carbocycles. The average molecular weight is 502 g/mol. The summed E-state index contributed by atoms with van der Waals surface area (Å²) in [6.45, 7) is 6.20. The normalized spacial score (nSPS) is 13.4. The first-order valence-corrected chi connectivity index (χ1v) is 11.9. The SMILES string of the molecule is Cc1cc(C(CCc2ccc(C(F)(F)F)nc2)NC(C(=O)NCC(C)C)c2ccccc2)ccc1F. The number of nitrogens with zero attached hydrogens (tertiary/aromatic N) is 1. The highest BCUT2D eigenvalue weighted by Crippen LogP contribution is 2.29. The van der Waals surface area contributed by atoms with Crippen LogP contribution < -0.4 is 10.6 Å². The first-order chi connectivity index (χ1) is 17.0. The Bertz CT molecular complexity index is 1130. The molecule has 192 valence electrons. The summed E-state index contributed by atoms with van der Waals surface area (Å²) < 4.78 is 52.6. The molecule has 1 heterocycles. The Hall–Kier alpha value is -3.26. The molecule has 2 unspecified atom stereocenters. The predicted molar refractivity (Wildman–Crippen MR) is 132 cm³/mol. The largest absolute Gasteiger partial charge is 0.433 e. The van der Waals surface area contributed by atoms with Crippen molar-refractivity contribution in [1.82, 2.24) is 15.6 Å². The molecule has 1 amide bonds. The van der Waals surface area contributed by atoms with Crippen LogP contribution in [0.5, 0.6) is 0 Å². The summed E-state index contributed by atoms with van der Waals surface area (Å²) in [5, 5.41) is 6.40. The first kappa shape index (κ1) is 27.3. The van der Waals surface area contributed by atoms with E-state index in [1.807, 2.05) is 44.2 Å². The van der Waals surface area contributed by atoms with Crippen molar-refractivity contribution in [2.45, 2.75) is 51.9 Å². The van der Waals surface area contributed by atoms with Crippen LogP contribution in [0.3, 0.4) is 0 Å².